The van der Waals surface area contributed by atoms with Crippen LogP contribution in [0.3, 0.4) is 0 Å². The molecule has 29 heavy (non-hydrogen) atoms. The van der Waals surface area contributed by atoms with Gasteiger partial charge in [-0.25, -0.2) is 4.79 Å². The molecule has 3 aromatic rings. The number of piperidine rings is 1. The van der Waals surface area contributed by atoms with Crippen molar-refractivity contribution in [3.8, 4) is 5.69 Å². The minimum absolute atomic E-state index is 0.239. The van der Waals surface area contributed by atoms with Crippen LogP contribution >= 0.6 is 11.6 Å². The Balaban J connectivity index is 0.000000204. The maximum atomic E-state index is 11.4. The van der Waals surface area contributed by atoms with E-state index in [-0.39, 0.29) is 5.69 Å². The number of para-hydroxylation sites is 1. The van der Waals surface area contributed by atoms with Crippen LogP contribution in [-0.4, -0.2) is 45.7 Å². The number of carboxylic acid groups (broad SMARTS) is 1. The van der Waals surface area contributed by atoms with Crippen molar-refractivity contribution in [3.05, 3.63) is 65.3 Å². The number of nitrogens with two attached hydrogens (primary N) is 1. The average Bonchev–Trinajstić information content (AvgIpc) is 3.09. The van der Waals surface area contributed by atoms with Crippen molar-refractivity contribution >= 4 is 28.5 Å². The lowest BCUT2D eigenvalue weighted by Crippen LogP contribution is -2.42. The van der Waals surface area contributed by atoms with E-state index in [0.717, 1.165) is 16.6 Å². The van der Waals surface area contributed by atoms with Crippen LogP contribution < -0.4 is 5.73 Å². The molecule has 6 heteroatoms. The van der Waals surface area contributed by atoms with Crippen molar-refractivity contribution in [2.75, 3.05) is 13.1 Å². The summed E-state index contributed by atoms with van der Waals surface area (Å²) in [4.78, 5) is 13.9. The maximum absolute atomic E-state index is 11.4. The first kappa shape index (κ1) is 21.4. The minimum Gasteiger partial charge on any atom is -0.477 e. The number of nitrogens with zero attached hydrogens (tertiary/aromatic N) is 2. The Morgan fingerprint density at radius 2 is 1.72 bits per heavy atom. The molecule has 0 radical (unpaired) electrons. The summed E-state index contributed by atoms with van der Waals surface area (Å²) in [6.45, 7) is 6.88. The summed E-state index contributed by atoms with van der Waals surface area (Å²) < 4.78 is 1.72. The van der Waals surface area contributed by atoms with E-state index in [1.807, 2.05) is 24.3 Å². The molecule has 1 fully saturated rings. The molecule has 0 unspecified atom stereocenters. The van der Waals surface area contributed by atoms with Gasteiger partial charge in [-0.3, -0.25) is 0 Å². The SMILES string of the molecule is CC(C)N1CCC(N)CC1.O=C(O)c1cc2ccccc2n1-c1ccc(Cl)cc1. The normalized spacial score (nSPS) is 15.3. The predicted molar refractivity (Wildman–Crippen MR) is 119 cm³/mol. The quantitative estimate of drug-likeness (QED) is 0.646. The van der Waals surface area contributed by atoms with E-state index in [9.17, 15) is 9.90 Å². The maximum Gasteiger partial charge on any atom is 0.352 e. The molecule has 0 saturated carbocycles. The fourth-order valence-electron chi connectivity index (χ4n) is 3.62. The molecule has 4 rings (SSSR count). The number of hydrogen-bond acceptors (Lipinski definition) is 3. The van der Waals surface area contributed by atoms with Crippen molar-refractivity contribution in [2.45, 2.75) is 38.8 Å². The third-order valence-corrected chi connectivity index (χ3v) is 5.57. The standard InChI is InChI=1S/C15H10ClNO2.C8H18N2/c16-11-5-7-12(8-6-11)17-13-4-2-1-3-10(13)9-14(17)15(18)19;1-7(2)10-5-3-8(9)4-6-10/h1-9H,(H,18,19);7-8H,3-6,9H2,1-2H3. The summed E-state index contributed by atoms with van der Waals surface area (Å²) in [7, 11) is 0. The highest BCUT2D eigenvalue weighted by Gasteiger charge is 2.17. The van der Waals surface area contributed by atoms with Gasteiger partial charge >= 0.3 is 5.97 Å². The predicted octanol–water partition coefficient (Wildman–Crippen LogP) is 4.80. The number of carboxylic acids is 1. The summed E-state index contributed by atoms with van der Waals surface area (Å²) >= 11 is 5.87. The first-order valence-electron chi connectivity index (χ1n) is 9.96. The van der Waals surface area contributed by atoms with E-state index in [4.69, 9.17) is 17.3 Å². The molecule has 1 aliphatic rings. The molecule has 0 spiro atoms. The molecule has 3 N–H and O–H groups in total. The molecule has 5 nitrogen and oxygen atoms in total. The zero-order valence-electron chi connectivity index (χ0n) is 16.9. The van der Waals surface area contributed by atoms with E-state index < -0.39 is 5.97 Å². The summed E-state index contributed by atoms with van der Waals surface area (Å²) in [5.41, 5.74) is 7.65. The Kier molecular flexibility index (Phi) is 6.96. The van der Waals surface area contributed by atoms with E-state index in [1.165, 1.54) is 25.9 Å². The van der Waals surface area contributed by atoms with Crippen LogP contribution in [-0.2, 0) is 0 Å². The number of benzene rings is 2. The Bertz CT molecular complexity index is 958. The van der Waals surface area contributed by atoms with Crippen LogP contribution in [0.15, 0.2) is 54.6 Å². The Morgan fingerprint density at radius 1 is 1.10 bits per heavy atom. The van der Waals surface area contributed by atoms with E-state index in [0.29, 0.717) is 17.1 Å². The lowest BCUT2D eigenvalue weighted by Gasteiger charge is -2.32. The Labute approximate surface area is 176 Å². The van der Waals surface area contributed by atoms with Gasteiger partial charge in [0.15, 0.2) is 0 Å². The third kappa shape index (κ3) is 5.18. The van der Waals surface area contributed by atoms with Crippen LogP contribution in [0.4, 0.5) is 0 Å². The van der Waals surface area contributed by atoms with Crippen molar-refractivity contribution in [2.24, 2.45) is 5.73 Å². The number of likely N-dealkylation sites (tertiary alicyclic amines) is 1. The fraction of sp³-hybridized carbons (Fsp3) is 0.348. The zero-order chi connectivity index (χ0) is 21.0. The number of aromatic nitrogens is 1. The molecule has 2 heterocycles. The Morgan fingerprint density at radius 3 is 2.31 bits per heavy atom. The molecular formula is C23H28ClN3O2. The van der Waals surface area contributed by atoms with Gasteiger partial charge in [-0.2, -0.15) is 0 Å². The molecule has 1 saturated heterocycles. The van der Waals surface area contributed by atoms with Crippen molar-refractivity contribution < 1.29 is 9.90 Å². The second-order valence-electron chi connectivity index (χ2n) is 7.67. The summed E-state index contributed by atoms with van der Waals surface area (Å²) in [5.74, 6) is -0.953. The van der Waals surface area contributed by atoms with Gasteiger partial charge in [-0.1, -0.05) is 29.8 Å². The van der Waals surface area contributed by atoms with E-state index >= 15 is 0 Å². The highest BCUT2D eigenvalue weighted by Crippen LogP contribution is 2.25. The van der Waals surface area contributed by atoms with Gasteiger partial charge in [0.05, 0.1) is 5.52 Å². The minimum atomic E-state index is -0.953. The number of halogens is 1. The lowest BCUT2D eigenvalue weighted by atomic mass is 10.1. The summed E-state index contributed by atoms with van der Waals surface area (Å²) in [5, 5.41) is 10.9. The third-order valence-electron chi connectivity index (χ3n) is 5.32. The molecule has 0 bridgehead atoms. The van der Waals surface area contributed by atoms with Gasteiger partial charge < -0.3 is 20.3 Å². The van der Waals surface area contributed by atoms with Gasteiger partial charge in [0.2, 0.25) is 0 Å². The van der Waals surface area contributed by atoms with Gasteiger partial charge in [0, 0.05) is 28.2 Å². The highest BCUT2D eigenvalue weighted by molar-refractivity contribution is 6.30. The molecule has 0 atom stereocenters. The molecule has 1 aliphatic heterocycles. The van der Waals surface area contributed by atoms with Gasteiger partial charge in [-0.05, 0) is 76.2 Å². The Hall–Kier alpha value is -2.34. The number of aromatic carboxylic acids is 1. The van der Waals surface area contributed by atoms with Crippen LogP contribution in [0.1, 0.15) is 37.2 Å². The van der Waals surface area contributed by atoms with E-state index in [2.05, 4.69) is 18.7 Å². The van der Waals surface area contributed by atoms with Crippen LogP contribution in [0.25, 0.3) is 16.6 Å². The molecule has 2 aromatic carbocycles. The average molecular weight is 414 g/mol. The molecule has 1 aromatic heterocycles. The molecule has 154 valence electrons. The number of fused-ring (bicyclic) bond motifs is 1. The van der Waals surface area contributed by atoms with E-state index in [1.54, 1.807) is 34.9 Å². The second-order valence-corrected chi connectivity index (χ2v) is 8.11. The van der Waals surface area contributed by atoms with Crippen molar-refractivity contribution in [1.82, 2.24) is 9.47 Å². The van der Waals surface area contributed by atoms with Crippen LogP contribution in [0.2, 0.25) is 5.02 Å². The van der Waals surface area contributed by atoms with Gasteiger partial charge in [0.1, 0.15) is 5.69 Å². The molecule has 0 amide bonds. The smallest absolute Gasteiger partial charge is 0.352 e. The lowest BCUT2D eigenvalue weighted by molar-refractivity contribution is 0.0688. The summed E-state index contributed by atoms with van der Waals surface area (Å²) in [6.07, 6.45) is 2.36. The molecule has 0 aliphatic carbocycles. The first-order valence-corrected chi connectivity index (χ1v) is 10.3. The highest BCUT2D eigenvalue weighted by atomic mass is 35.5. The number of hydrogen-bond donors (Lipinski definition) is 2. The molecular weight excluding hydrogens is 386 g/mol. The second kappa shape index (κ2) is 9.44. The van der Waals surface area contributed by atoms with Crippen molar-refractivity contribution in [3.63, 3.8) is 0 Å². The number of carbonyl (C=O) groups is 1. The van der Waals surface area contributed by atoms with Gasteiger partial charge in [0.25, 0.3) is 0 Å². The van der Waals surface area contributed by atoms with Gasteiger partial charge in [-0.15, -0.1) is 0 Å². The zero-order valence-corrected chi connectivity index (χ0v) is 17.6. The fourth-order valence-corrected chi connectivity index (χ4v) is 3.74. The monoisotopic (exact) mass is 413 g/mol. The van der Waals surface area contributed by atoms with Crippen molar-refractivity contribution in [1.29, 1.82) is 0 Å². The topological polar surface area (TPSA) is 71.5 Å². The van der Waals surface area contributed by atoms with Crippen LogP contribution in [0, 0.1) is 0 Å². The first-order chi connectivity index (χ1) is 13.9. The summed E-state index contributed by atoms with van der Waals surface area (Å²) in [6, 6.07) is 17.5. The number of rotatable bonds is 3. The van der Waals surface area contributed by atoms with Crippen LogP contribution in [0.5, 0.6) is 0 Å². The largest absolute Gasteiger partial charge is 0.477 e.